The molecule has 0 nitrogen and oxygen atoms in total. The predicted molar refractivity (Wildman–Crippen MR) is 64.8 cm³/mol. The molecule has 0 spiro atoms. The van der Waals surface area contributed by atoms with Crippen molar-refractivity contribution in [2.45, 2.75) is 19.8 Å². The Labute approximate surface area is 101 Å². The summed E-state index contributed by atoms with van der Waals surface area (Å²) in [6.07, 6.45) is 9.31. The number of hydrogen-bond acceptors (Lipinski definition) is 0. The van der Waals surface area contributed by atoms with E-state index >= 15 is 0 Å². The van der Waals surface area contributed by atoms with Crippen LogP contribution in [0.5, 0.6) is 0 Å². The van der Waals surface area contributed by atoms with Gasteiger partial charge < -0.3 is 0 Å². The minimum Gasteiger partial charge on any atom is -0.0802 e. The first-order valence-corrected chi connectivity index (χ1v) is 6.36. The van der Waals surface area contributed by atoms with Gasteiger partial charge in [0, 0.05) is 0 Å². The Morgan fingerprint density at radius 2 is 2.00 bits per heavy atom. The monoisotopic (exact) mass is 240 g/mol. The SMILES string of the molecule is CC1=CC=CC2C3CCC(C3=C(Cl)Cl)C12. The number of rotatable bonds is 0. The van der Waals surface area contributed by atoms with Crippen molar-refractivity contribution < 1.29 is 0 Å². The lowest BCUT2D eigenvalue weighted by molar-refractivity contribution is 0.301. The van der Waals surface area contributed by atoms with Gasteiger partial charge in [-0.05, 0) is 49.0 Å². The number of allylic oxidation sites excluding steroid dienone is 5. The summed E-state index contributed by atoms with van der Waals surface area (Å²) in [6, 6.07) is 0. The molecule has 2 heteroatoms. The van der Waals surface area contributed by atoms with Crippen molar-refractivity contribution in [3.8, 4) is 0 Å². The van der Waals surface area contributed by atoms with Gasteiger partial charge in [0.2, 0.25) is 0 Å². The Hall–Kier alpha value is -0.200. The van der Waals surface area contributed by atoms with Crippen LogP contribution >= 0.6 is 23.2 Å². The highest BCUT2D eigenvalue weighted by atomic mass is 35.5. The van der Waals surface area contributed by atoms with Crippen molar-refractivity contribution in [3.63, 3.8) is 0 Å². The molecule has 2 saturated carbocycles. The molecule has 4 unspecified atom stereocenters. The van der Waals surface area contributed by atoms with Gasteiger partial charge in [-0.1, -0.05) is 47.0 Å². The molecule has 80 valence electrons. The van der Waals surface area contributed by atoms with E-state index in [1.807, 2.05) is 0 Å². The van der Waals surface area contributed by atoms with Crippen LogP contribution in [0.4, 0.5) is 0 Å². The second-order valence-corrected chi connectivity index (χ2v) is 5.85. The number of halogens is 2. The Morgan fingerprint density at radius 1 is 1.27 bits per heavy atom. The highest BCUT2D eigenvalue weighted by Gasteiger charge is 2.51. The van der Waals surface area contributed by atoms with Crippen LogP contribution in [0.25, 0.3) is 0 Å². The molecular formula is C13H14Cl2. The van der Waals surface area contributed by atoms with Crippen LogP contribution < -0.4 is 0 Å². The molecule has 3 aliphatic rings. The first kappa shape index (κ1) is 9.99. The van der Waals surface area contributed by atoms with Crippen LogP contribution in [0, 0.1) is 23.7 Å². The Balaban J connectivity index is 2.08. The highest BCUT2D eigenvalue weighted by Crippen LogP contribution is 2.60. The van der Waals surface area contributed by atoms with Gasteiger partial charge >= 0.3 is 0 Å². The number of hydrogen-bond donors (Lipinski definition) is 0. The fourth-order valence-electron chi connectivity index (χ4n) is 3.84. The van der Waals surface area contributed by atoms with Gasteiger partial charge in [0.05, 0.1) is 0 Å². The van der Waals surface area contributed by atoms with Crippen LogP contribution in [-0.4, -0.2) is 0 Å². The maximum Gasteiger partial charge on any atom is 0.106 e. The Kier molecular flexibility index (Phi) is 2.26. The third-order valence-corrected chi connectivity index (χ3v) is 4.77. The average molecular weight is 241 g/mol. The van der Waals surface area contributed by atoms with Crippen LogP contribution in [0.15, 0.2) is 33.9 Å². The molecule has 0 aliphatic heterocycles. The third-order valence-electron chi connectivity index (χ3n) is 4.34. The van der Waals surface area contributed by atoms with Gasteiger partial charge in [0.25, 0.3) is 0 Å². The van der Waals surface area contributed by atoms with E-state index in [1.54, 1.807) is 0 Å². The molecule has 3 aliphatic carbocycles. The molecule has 0 heterocycles. The molecule has 0 saturated heterocycles. The molecule has 2 fully saturated rings. The molecule has 15 heavy (non-hydrogen) atoms. The second-order valence-electron chi connectivity index (χ2n) is 4.90. The van der Waals surface area contributed by atoms with E-state index in [-0.39, 0.29) is 0 Å². The van der Waals surface area contributed by atoms with E-state index in [4.69, 9.17) is 23.2 Å². The van der Waals surface area contributed by atoms with Crippen LogP contribution in [-0.2, 0) is 0 Å². The van der Waals surface area contributed by atoms with Gasteiger partial charge in [-0.3, -0.25) is 0 Å². The van der Waals surface area contributed by atoms with E-state index < -0.39 is 0 Å². The van der Waals surface area contributed by atoms with Gasteiger partial charge in [-0.15, -0.1) is 0 Å². The van der Waals surface area contributed by atoms with E-state index in [2.05, 4.69) is 25.2 Å². The topological polar surface area (TPSA) is 0 Å². The Bertz CT molecular complexity index is 385. The molecular weight excluding hydrogens is 227 g/mol. The lowest BCUT2D eigenvalue weighted by Gasteiger charge is -2.31. The van der Waals surface area contributed by atoms with Crippen molar-refractivity contribution >= 4 is 23.2 Å². The largest absolute Gasteiger partial charge is 0.106 e. The van der Waals surface area contributed by atoms with Crippen molar-refractivity contribution in [2.75, 3.05) is 0 Å². The average Bonchev–Trinajstić information content (AvgIpc) is 2.73. The zero-order chi connectivity index (χ0) is 10.6. The van der Waals surface area contributed by atoms with Crippen LogP contribution in [0.1, 0.15) is 19.8 Å². The minimum absolute atomic E-state index is 0.540. The zero-order valence-electron chi connectivity index (χ0n) is 8.71. The lowest BCUT2D eigenvalue weighted by atomic mass is 9.73. The molecule has 0 aromatic heterocycles. The fraction of sp³-hybridized carbons (Fsp3) is 0.538. The Morgan fingerprint density at radius 3 is 2.67 bits per heavy atom. The molecule has 0 N–H and O–H groups in total. The fourth-order valence-corrected chi connectivity index (χ4v) is 4.40. The van der Waals surface area contributed by atoms with Crippen molar-refractivity contribution in [1.29, 1.82) is 0 Å². The molecule has 0 radical (unpaired) electrons. The molecule has 0 aromatic carbocycles. The van der Waals surface area contributed by atoms with E-state index in [0.717, 1.165) is 0 Å². The van der Waals surface area contributed by atoms with Crippen molar-refractivity contribution in [1.82, 2.24) is 0 Å². The molecule has 3 rings (SSSR count). The first-order valence-electron chi connectivity index (χ1n) is 5.60. The van der Waals surface area contributed by atoms with Gasteiger partial charge in [0.1, 0.15) is 4.49 Å². The summed E-state index contributed by atoms with van der Waals surface area (Å²) < 4.78 is 0.540. The van der Waals surface area contributed by atoms with Gasteiger partial charge in [0.15, 0.2) is 0 Å². The van der Waals surface area contributed by atoms with E-state index in [9.17, 15) is 0 Å². The smallest absolute Gasteiger partial charge is 0.0802 e. The van der Waals surface area contributed by atoms with Gasteiger partial charge in [-0.25, -0.2) is 0 Å². The van der Waals surface area contributed by atoms with E-state index in [0.29, 0.717) is 28.2 Å². The van der Waals surface area contributed by atoms with Crippen LogP contribution in [0.3, 0.4) is 0 Å². The zero-order valence-corrected chi connectivity index (χ0v) is 10.2. The van der Waals surface area contributed by atoms with E-state index in [1.165, 1.54) is 24.0 Å². The summed E-state index contributed by atoms with van der Waals surface area (Å²) >= 11 is 12.1. The summed E-state index contributed by atoms with van der Waals surface area (Å²) in [4.78, 5) is 0. The summed E-state index contributed by atoms with van der Waals surface area (Å²) in [6.45, 7) is 2.24. The van der Waals surface area contributed by atoms with Crippen molar-refractivity contribution in [2.24, 2.45) is 23.7 Å². The normalized spacial score (nSPS) is 41.8. The second kappa shape index (κ2) is 3.40. The first-order chi connectivity index (χ1) is 7.20. The number of fused-ring (bicyclic) bond motifs is 5. The summed E-state index contributed by atoms with van der Waals surface area (Å²) in [5.41, 5.74) is 2.84. The van der Waals surface area contributed by atoms with Crippen LogP contribution in [0.2, 0.25) is 0 Å². The van der Waals surface area contributed by atoms with Crippen molar-refractivity contribution in [3.05, 3.63) is 33.9 Å². The third kappa shape index (κ3) is 1.28. The molecule has 2 bridgehead atoms. The molecule has 4 atom stereocenters. The molecule has 0 aromatic rings. The highest BCUT2D eigenvalue weighted by molar-refractivity contribution is 6.56. The summed E-state index contributed by atoms with van der Waals surface area (Å²) in [7, 11) is 0. The molecule has 0 amide bonds. The minimum atomic E-state index is 0.540. The summed E-state index contributed by atoms with van der Waals surface area (Å²) in [5, 5.41) is 0. The lowest BCUT2D eigenvalue weighted by Crippen LogP contribution is -2.23. The standard InChI is InChI=1S/C13H14Cl2/c1-7-3-2-4-8-9-5-6-10(11(7)8)12(9)13(14)15/h2-4,8-11H,5-6H2,1H3. The maximum atomic E-state index is 6.03. The van der Waals surface area contributed by atoms with Gasteiger partial charge in [-0.2, -0.15) is 0 Å². The quantitative estimate of drug-likeness (QED) is 0.587. The maximum absolute atomic E-state index is 6.03. The summed E-state index contributed by atoms with van der Waals surface area (Å²) in [5.74, 6) is 2.57. The predicted octanol–water partition coefficient (Wildman–Crippen LogP) is 4.46.